The van der Waals surface area contributed by atoms with Gasteiger partial charge in [0.05, 0.1) is 13.2 Å². The van der Waals surface area contributed by atoms with Crippen LogP contribution in [0.25, 0.3) is 0 Å². The van der Waals surface area contributed by atoms with Crippen LogP contribution < -0.4 is 10.6 Å². The van der Waals surface area contributed by atoms with Gasteiger partial charge in [-0.25, -0.2) is 4.99 Å². The first-order chi connectivity index (χ1) is 10.8. The topological polar surface area (TPSA) is 45.7 Å². The highest BCUT2D eigenvalue weighted by Gasteiger charge is 1.99. The zero-order chi connectivity index (χ0) is 16.0. The van der Waals surface area contributed by atoms with Gasteiger partial charge in [0.1, 0.15) is 0 Å². The van der Waals surface area contributed by atoms with Crippen LogP contribution in [0.1, 0.15) is 50.7 Å². The maximum Gasteiger partial charge on any atom is 0.191 e. The van der Waals surface area contributed by atoms with Crippen molar-refractivity contribution in [2.24, 2.45) is 4.99 Å². The molecule has 124 valence electrons. The number of nitrogens with zero attached hydrogens (tertiary/aromatic N) is 1. The second kappa shape index (κ2) is 12.0. The van der Waals surface area contributed by atoms with Crippen LogP contribution in [0.15, 0.2) is 29.3 Å². The molecule has 0 bridgehead atoms. The molecule has 2 N–H and O–H groups in total. The average molecular weight is 305 g/mol. The number of ether oxygens (including phenoxy) is 1. The van der Waals surface area contributed by atoms with Crippen molar-refractivity contribution in [2.75, 3.05) is 20.2 Å². The third-order valence-corrected chi connectivity index (χ3v) is 3.39. The zero-order valence-corrected chi connectivity index (χ0v) is 14.3. The lowest BCUT2D eigenvalue weighted by Crippen LogP contribution is -2.37. The molecule has 0 saturated heterocycles. The Balaban J connectivity index is 2.48. The standard InChI is InChI=1S/C18H31N3O/c1-4-6-7-8-12-20-18(19-5-2)21-14-16-10-9-11-17(13-16)15-22-3/h9-11,13H,4-8,12,14-15H2,1-3H3,(H2,19,20,21). The summed E-state index contributed by atoms with van der Waals surface area (Å²) >= 11 is 0. The van der Waals surface area contributed by atoms with Crippen LogP contribution in [0.2, 0.25) is 0 Å². The van der Waals surface area contributed by atoms with Gasteiger partial charge in [-0.1, -0.05) is 50.5 Å². The van der Waals surface area contributed by atoms with Crippen LogP contribution in [-0.2, 0) is 17.9 Å². The summed E-state index contributed by atoms with van der Waals surface area (Å²) in [5.41, 5.74) is 2.39. The number of unbranched alkanes of at least 4 members (excludes halogenated alkanes) is 3. The first-order valence-corrected chi connectivity index (χ1v) is 8.39. The lowest BCUT2D eigenvalue weighted by atomic mass is 10.1. The Morgan fingerprint density at radius 1 is 1.09 bits per heavy atom. The molecule has 0 amide bonds. The van der Waals surface area contributed by atoms with Crippen molar-refractivity contribution in [1.82, 2.24) is 10.6 Å². The van der Waals surface area contributed by atoms with Crippen LogP contribution in [0, 0.1) is 0 Å². The Kier molecular flexibility index (Phi) is 10.1. The van der Waals surface area contributed by atoms with Crippen LogP contribution in [0.4, 0.5) is 0 Å². The Bertz CT molecular complexity index is 432. The SMILES string of the molecule is CCCCCCNC(=NCc1cccc(COC)c1)NCC. The summed E-state index contributed by atoms with van der Waals surface area (Å²) in [5, 5.41) is 6.70. The summed E-state index contributed by atoms with van der Waals surface area (Å²) < 4.78 is 5.17. The lowest BCUT2D eigenvalue weighted by Gasteiger charge is -2.11. The largest absolute Gasteiger partial charge is 0.380 e. The van der Waals surface area contributed by atoms with E-state index in [2.05, 4.69) is 53.7 Å². The number of rotatable bonds is 10. The summed E-state index contributed by atoms with van der Waals surface area (Å²) in [6.07, 6.45) is 5.05. The van der Waals surface area contributed by atoms with Crippen LogP contribution in [0.3, 0.4) is 0 Å². The number of guanidine groups is 1. The van der Waals surface area contributed by atoms with Crippen molar-refractivity contribution in [3.8, 4) is 0 Å². The Hall–Kier alpha value is -1.55. The van der Waals surface area contributed by atoms with Crippen molar-refractivity contribution in [1.29, 1.82) is 0 Å². The predicted octanol–water partition coefficient (Wildman–Crippen LogP) is 3.47. The van der Waals surface area contributed by atoms with Gasteiger partial charge in [-0.15, -0.1) is 0 Å². The number of benzene rings is 1. The molecule has 0 radical (unpaired) electrons. The normalized spacial score (nSPS) is 11.5. The number of nitrogens with one attached hydrogen (secondary N) is 2. The first-order valence-electron chi connectivity index (χ1n) is 8.39. The van der Waals surface area contributed by atoms with Gasteiger partial charge in [-0.2, -0.15) is 0 Å². The first kappa shape index (κ1) is 18.5. The van der Waals surface area contributed by atoms with Crippen LogP contribution in [-0.4, -0.2) is 26.2 Å². The monoisotopic (exact) mass is 305 g/mol. The minimum absolute atomic E-state index is 0.646. The van der Waals surface area contributed by atoms with Gasteiger partial charge in [-0.3, -0.25) is 0 Å². The smallest absolute Gasteiger partial charge is 0.191 e. The molecule has 22 heavy (non-hydrogen) atoms. The van der Waals surface area contributed by atoms with Crippen molar-refractivity contribution < 1.29 is 4.74 Å². The quantitative estimate of drug-likeness (QED) is 0.395. The Morgan fingerprint density at radius 3 is 2.64 bits per heavy atom. The van der Waals surface area contributed by atoms with Crippen LogP contribution in [0.5, 0.6) is 0 Å². The fourth-order valence-corrected chi connectivity index (χ4v) is 2.26. The van der Waals surface area contributed by atoms with E-state index in [0.717, 1.165) is 19.0 Å². The van der Waals surface area contributed by atoms with Crippen molar-refractivity contribution >= 4 is 5.96 Å². The highest BCUT2D eigenvalue weighted by atomic mass is 16.5. The molecule has 0 saturated carbocycles. The summed E-state index contributed by atoms with van der Waals surface area (Å²) in [6.45, 7) is 7.51. The van der Waals surface area contributed by atoms with Crippen molar-refractivity contribution in [3.05, 3.63) is 35.4 Å². The van der Waals surface area contributed by atoms with Crippen LogP contribution >= 0.6 is 0 Å². The molecule has 0 spiro atoms. The van der Waals surface area contributed by atoms with Gasteiger partial charge in [-0.05, 0) is 24.5 Å². The molecule has 1 aromatic rings. The van der Waals surface area contributed by atoms with Gasteiger partial charge < -0.3 is 15.4 Å². The molecule has 0 aliphatic heterocycles. The molecule has 1 rings (SSSR count). The highest BCUT2D eigenvalue weighted by Crippen LogP contribution is 2.07. The molecule has 0 atom stereocenters. The summed E-state index contributed by atoms with van der Waals surface area (Å²) in [7, 11) is 1.72. The van der Waals surface area contributed by atoms with E-state index in [1.54, 1.807) is 7.11 Å². The van der Waals surface area contributed by atoms with E-state index >= 15 is 0 Å². The van der Waals surface area contributed by atoms with Gasteiger partial charge in [0, 0.05) is 20.2 Å². The number of hydrogen-bond acceptors (Lipinski definition) is 2. The van der Waals surface area contributed by atoms with Gasteiger partial charge in [0.15, 0.2) is 5.96 Å². The number of hydrogen-bond donors (Lipinski definition) is 2. The molecule has 1 aromatic carbocycles. The van der Waals surface area contributed by atoms with E-state index in [0.29, 0.717) is 13.2 Å². The van der Waals surface area contributed by atoms with E-state index in [4.69, 9.17) is 4.74 Å². The van der Waals surface area contributed by atoms with Gasteiger partial charge >= 0.3 is 0 Å². The molecule has 0 aromatic heterocycles. The zero-order valence-electron chi connectivity index (χ0n) is 14.3. The lowest BCUT2D eigenvalue weighted by molar-refractivity contribution is 0.185. The molecule has 0 unspecified atom stereocenters. The Labute approximate surface area is 135 Å². The van der Waals surface area contributed by atoms with E-state index in [9.17, 15) is 0 Å². The molecular formula is C18H31N3O. The fourth-order valence-electron chi connectivity index (χ4n) is 2.26. The fraction of sp³-hybridized carbons (Fsp3) is 0.611. The molecule has 4 nitrogen and oxygen atoms in total. The third kappa shape index (κ3) is 8.03. The molecule has 0 heterocycles. The minimum Gasteiger partial charge on any atom is -0.380 e. The predicted molar refractivity (Wildman–Crippen MR) is 94.1 cm³/mol. The second-order valence-electron chi connectivity index (χ2n) is 5.44. The van der Waals surface area contributed by atoms with Crippen molar-refractivity contribution in [3.63, 3.8) is 0 Å². The molecule has 0 aliphatic rings. The summed E-state index contributed by atoms with van der Waals surface area (Å²) in [4.78, 5) is 4.66. The van der Waals surface area contributed by atoms with Crippen molar-refractivity contribution in [2.45, 2.75) is 52.7 Å². The van der Waals surface area contributed by atoms with E-state index in [1.807, 2.05) is 0 Å². The maximum atomic E-state index is 5.17. The second-order valence-corrected chi connectivity index (χ2v) is 5.44. The summed E-state index contributed by atoms with van der Waals surface area (Å²) in [6, 6.07) is 8.39. The number of methoxy groups -OCH3 is 1. The maximum absolute atomic E-state index is 5.17. The highest BCUT2D eigenvalue weighted by molar-refractivity contribution is 5.79. The average Bonchev–Trinajstić information content (AvgIpc) is 2.53. The molecule has 4 heteroatoms. The Morgan fingerprint density at radius 2 is 1.91 bits per heavy atom. The van der Waals surface area contributed by atoms with E-state index in [1.165, 1.54) is 36.8 Å². The number of aliphatic imine (C=N–C) groups is 1. The van der Waals surface area contributed by atoms with Gasteiger partial charge in [0.25, 0.3) is 0 Å². The molecular weight excluding hydrogens is 274 g/mol. The molecule has 0 fully saturated rings. The van der Waals surface area contributed by atoms with E-state index < -0.39 is 0 Å². The summed E-state index contributed by atoms with van der Waals surface area (Å²) in [5.74, 6) is 0.899. The third-order valence-electron chi connectivity index (χ3n) is 3.39. The van der Waals surface area contributed by atoms with Gasteiger partial charge in [0.2, 0.25) is 0 Å². The minimum atomic E-state index is 0.646. The van der Waals surface area contributed by atoms with E-state index in [-0.39, 0.29) is 0 Å². The molecule has 0 aliphatic carbocycles.